The van der Waals surface area contributed by atoms with Crippen LogP contribution in [0.25, 0.3) is 0 Å². The molecule has 1 aromatic rings. The summed E-state index contributed by atoms with van der Waals surface area (Å²) >= 11 is 0. The van der Waals surface area contributed by atoms with Crippen molar-refractivity contribution in [1.82, 2.24) is 5.32 Å². The fourth-order valence-corrected chi connectivity index (χ4v) is 4.15. The second kappa shape index (κ2) is 6.30. The maximum atomic E-state index is 3.77. The SMILES string of the molecule is CCNC(c1cccc(C2CCC2)c1)C1CCCC1C. The smallest absolute Gasteiger partial charge is 0.0351 e. The van der Waals surface area contributed by atoms with Crippen LogP contribution in [0.1, 0.15) is 75.5 Å². The highest BCUT2D eigenvalue weighted by Gasteiger charge is 2.31. The van der Waals surface area contributed by atoms with Crippen LogP contribution in [0.5, 0.6) is 0 Å². The monoisotopic (exact) mass is 271 g/mol. The minimum atomic E-state index is 0.567. The first-order chi connectivity index (χ1) is 9.79. The van der Waals surface area contributed by atoms with Gasteiger partial charge in [-0.15, -0.1) is 0 Å². The summed E-state index contributed by atoms with van der Waals surface area (Å²) in [5.74, 6) is 2.54. The van der Waals surface area contributed by atoms with Gasteiger partial charge in [-0.3, -0.25) is 0 Å². The van der Waals surface area contributed by atoms with E-state index in [1.54, 1.807) is 5.56 Å². The number of benzene rings is 1. The molecule has 0 spiro atoms. The van der Waals surface area contributed by atoms with Gasteiger partial charge in [0.05, 0.1) is 0 Å². The summed E-state index contributed by atoms with van der Waals surface area (Å²) in [4.78, 5) is 0. The van der Waals surface area contributed by atoms with Gasteiger partial charge in [-0.05, 0) is 54.7 Å². The van der Waals surface area contributed by atoms with Crippen LogP contribution in [-0.4, -0.2) is 6.54 Å². The Morgan fingerprint density at radius 1 is 1.15 bits per heavy atom. The van der Waals surface area contributed by atoms with Crippen LogP contribution in [0.15, 0.2) is 24.3 Å². The molecule has 3 atom stereocenters. The minimum Gasteiger partial charge on any atom is -0.310 e. The fraction of sp³-hybridized carbons (Fsp3) is 0.684. The van der Waals surface area contributed by atoms with Crippen molar-refractivity contribution in [3.8, 4) is 0 Å². The Morgan fingerprint density at radius 3 is 2.55 bits per heavy atom. The third kappa shape index (κ3) is 2.79. The lowest BCUT2D eigenvalue weighted by Gasteiger charge is -2.30. The minimum absolute atomic E-state index is 0.567. The van der Waals surface area contributed by atoms with Gasteiger partial charge in [0.2, 0.25) is 0 Å². The van der Waals surface area contributed by atoms with Gasteiger partial charge >= 0.3 is 0 Å². The Bertz CT molecular complexity index is 435. The van der Waals surface area contributed by atoms with Crippen molar-refractivity contribution in [2.24, 2.45) is 11.8 Å². The van der Waals surface area contributed by atoms with E-state index in [1.165, 1.54) is 44.1 Å². The molecule has 0 heterocycles. The van der Waals surface area contributed by atoms with Gasteiger partial charge in [-0.1, -0.05) is 57.4 Å². The van der Waals surface area contributed by atoms with Crippen molar-refractivity contribution in [1.29, 1.82) is 0 Å². The third-order valence-corrected chi connectivity index (χ3v) is 5.63. The zero-order valence-corrected chi connectivity index (χ0v) is 13.1. The lowest BCUT2D eigenvalue weighted by atomic mass is 9.78. The van der Waals surface area contributed by atoms with Crippen LogP contribution in [0, 0.1) is 11.8 Å². The molecule has 0 saturated heterocycles. The molecule has 20 heavy (non-hydrogen) atoms. The molecule has 110 valence electrons. The first kappa shape index (κ1) is 14.1. The van der Waals surface area contributed by atoms with E-state index in [9.17, 15) is 0 Å². The highest BCUT2D eigenvalue weighted by Crippen LogP contribution is 2.42. The molecule has 0 aliphatic heterocycles. The summed E-state index contributed by atoms with van der Waals surface area (Å²) in [7, 11) is 0. The molecule has 0 aromatic heterocycles. The summed E-state index contributed by atoms with van der Waals surface area (Å²) in [6, 6.07) is 10.0. The molecule has 2 fully saturated rings. The maximum Gasteiger partial charge on any atom is 0.0351 e. The van der Waals surface area contributed by atoms with Gasteiger partial charge in [-0.2, -0.15) is 0 Å². The number of hydrogen-bond acceptors (Lipinski definition) is 1. The molecule has 2 aliphatic carbocycles. The quantitative estimate of drug-likeness (QED) is 0.791. The lowest BCUT2D eigenvalue weighted by molar-refractivity contribution is 0.305. The van der Waals surface area contributed by atoms with Crippen LogP contribution in [0.2, 0.25) is 0 Å². The van der Waals surface area contributed by atoms with Crippen LogP contribution in [-0.2, 0) is 0 Å². The van der Waals surface area contributed by atoms with Gasteiger partial charge < -0.3 is 5.32 Å². The second-order valence-electron chi connectivity index (χ2n) is 6.91. The van der Waals surface area contributed by atoms with E-state index < -0.39 is 0 Å². The van der Waals surface area contributed by atoms with Crippen molar-refractivity contribution in [2.75, 3.05) is 6.54 Å². The average Bonchev–Trinajstić information content (AvgIpc) is 2.80. The highest BCUT2D eigenvalue weighted by molar-refractivity contribution is 5.30. The first-order valence-electron chi connectivity index (χ1n) is 8.63. The van der Waals surface area contributed by atoms with E-state index in [1.807, 2.05) is 0 Å². The molecular weight excluding hydrogens is 242 g/mol. The van der Waals surface area contributed by atoms with Crippen LogP contribution < -0.4 is 5.32 Å². The van der Waals surface area contributed by atoms with E-state index in [0.29, 0.717) is 6.04 Å². The van der Waals surface area contributed by atoms with Crippen molar-refractivity contribution in [3.63, 3.8) is 0 Å². The first-order valence-corrected chi connectivity index (χ1v) is 8.63. The second-order valence-corrected chi connectivity index (χ2v) is 6.91. The van der Waals surface area contributed by atoms with Crippen LogP contribution >= 0.6 is 0 Å². The van der Waals surface area contributed by atoms with Crippen LogP contribution in [0.3, 0.4) is 0 Å². The summed E-state index contributed by atoms with van der Waals surface area (Å²) in [5, 5.41) is 3.77. The van der Waals surface area contributed by atoms with E-state index >= 15 is 0 Å². The van der Waals surface area contributed by atoms with Crippen molar-refractivity contribution >= 4 is 0 Å². The molecular formula is C19H29N. The predicted molar refractivity (Wildman–Crippen MR) is 86.0 cm³/mol. The molecule has 2 aliphatic rings. The molecule has 0 radical (unpaired) electrons. The van der Waals surface area contributed by atoms with Gasteiger partial charge in [-0.25, -0.2) is 0 Å². The molecule has 1 N–H and O–H groups in total. The lowest BCUT2D eigenvalue weighted by Crippen LogP contribution is -2.29. The zero-order valence-electron chi connectivity index (χ0n) is 13.1. The fourth-order valence-electron chi connectivity index (χ4n) is 4.15. The zero-order chi connectivity index (χ0) is 13.9. The predicted octanol–water partition coefficient (Wildman–Crippen LogP) is 5.04. The molecule has 3 rings (SSSR count). The van der Waals surface area contributed by atoms with Gasteiger partial charge in [0.1, 0.15) is 0 Å². The molecule has 3 unspecified atom stereocenters. The molecule has 0 amide bonds. The Labute approximate surface area is 124 Å². The molecule has 1 nitrogen and oxygen atoms in total. The Morgan fingerprint density at radius 2 is 1.95 bits per heavy atom. The summed E-state index contributed by atoms with van der Waals surface area (Å²) in [6.07, 6.45) is 8.44. The third-order valence-electron chi connectivity index (χ3n) is 5.63. The highest BCUT2D eigenvalue weighted by atomic mass is 14.9. The molecule has 2 saturated carbocycles. The van der Waals surface area contributed by atoms with Gasteiger partial charge in [0.25, 0.3) is 0 Å². The number of rotatable bonds is 5. The van der Waals surface area contributed by atoms with E-state index in [0.717, 1.165) is 24.3 Å². The average molecular weight is 271 g/mol. The van der Waals surface area contributed by atoms with Crippen LogP contribution in [0.4, 0.5) is 0 Å². The maximum absolute atomic E-state index is 3.77. The molecule has 1 heteroatoms. The van der Waals surface area contributed by atoms with Crippen molar-refractivity contribution in [2.45, 2.75) is 64.3 Å². The number of nitrogens with one attached hydrogen (secondary N) is 1. The Kier molecular flexibility index (Phi) is 4.45. The Hall–Kier alpha value is -0.820. The van der Waals surface area contributed by atoms with Gasteiger partial charge in [0.15, 0.2) is 0 Å². The molecule has 0 bridgehead atoms. The normalized spacial score (nSPS) is 28.3. The number of hydrogen-bond donors (Lipinski definition) is 1. The summed E-state index contributed by atoms with van der Waals surface area (Å²) < 4.78 is 0. The van der Waals surface area contributed by atoms with E-state index in [2.05, 4.69) is 43.4 Å². The topological polar surface area (TPSA) is 12.0 Å². The van der Waals surface area contributed by atoms with E-state index in [-0.39, 0.29) is 0 Å². The van der Waals surface area contributed by atoms with Crippen molar-refractivity contribution in [3.05, 3.63) is 35.4 Å². The molecule has 1 aromatic carbocycles. The van der Waals surface area contributed by atoms with Crippen molar-refractivity contribution < 1.29 is 0 Å². The largest absolute Gasteiger partial charge is 0.310 e. The Balaban J connectivity index is 1.82. The summed E-state index contributed by atoms with van der Waals surface area (Å²) in [5.41, 5.74) is 3.12. The summed E-state index contributed by atoms with van der Waals surface area (Å²) in [6.45, 7) is 5.75. The van der Waals surface area contributed by atoms with Gasteiger partial charge in [0, 0.05) is 6.04 Å². The van der Waals surface area contributed by atoms with E-state index in [4.69, 9.17) is 0 Å². The standard InChI is InChI=1S/C19H29N/c1-3-20-19(18-12-4-7-14(18)2)17-11-6-10-16(13-17)15-8-5-9-15/h6,10-11,13-15,18-20H,3-5,7-9,12H2,1-2H3.